The summed E-state index contributed by atoms with van der Waals surface area (Å²) in [6, 6.07) is -0.905. The molecule has 3 amide bonds. The lowest BCUT2D eigenvalue weighted by atomic mass is 10.1. The highest BCUT2D eigenvalue weighted by Gasteiger charge is 2.48. The van der Waals surface area contributed by atoms with Crippen molar-refractivity contribution < 1.29 is 9.59 Å². The number of carbonyl (C=O) groups excluding carboxylic acids is 2. The molecule has 0 aromatic rings. The number of fused-ring (bicyclic) bond motifs is 1. The second-order valence-electron chi connectivity index (χ2n) is 6.49. The van der Waals surface area contributed by atoms with Gasteiger partial charge in [0.15, 0.2) is 12.2 Å². The Hall–Kier alpha value is -2.12. The number of hydrogen-bond donors (Lipinski definition) is 2. The van der Waals surface area contributed by atoms with E-state index < -0.39 is 18.2 Å². The van der Waals surface area contributed by atoms with Gasteiger partial charge in [0.05, 0.1) is 0 Å². The minimum Gasteiger partial charge on any atom is -0.326 e. The van der Waals surface area contributed by atoms with Crippen molar-refractivity contribution in [3.63, 3.8) is 0 Å². The van der Waals surface area contributed by atoms with E-state index in [2.05, 4.69) is 27.8 Å². The fraction of sp³-hybridized carbons (Fsp3) is 0.750. The second kappa shape index (κ2) is 8.12. The van der Waals surface area contributed by atoms with Crippen molar-refractivity contribution in [1.29, 1.82) is 0 Å². The molecule has 0 radical (unpaired) electrons. The molecule has 1 saturated heterocycles. The summed E-state index contributed by atoms with van der Waals surface area (Å²) in [6.45, 7) is 6.66. The van der Waals surface area contributed by atoms with Crippen LogP contribution in [0, 0.1) is 0 Å². The van der Waals surface area contributed by atoms with Crippen molar-refractivity contribution in [1.82, 2.24) is 20.5 Å². The van der Waals surface area contributed by atoms with Gasteiger partial charge in [-0.1, -0.05) is 32.6 Å². The van der Waals surface area contributed by atoms with E-state index in [4.69, 9.17) is 0 Å². The Balaban J connectivity index is 2.10. The van der Waals surface area contributed by atoms with Crippen LogP contribution in [0.1, 0.15) is 52.9 Å². The molecule has 0 aromatic heterocycles. The maximum atomic E-state index is 12.3. The van der Waals surface area contributed by atoms with E-state index in [-0.39, 0.29) is 5.91 Å². The molecular weight excluding hydrogens is 308 g/mol. The number of hydrazone groups is 1. The quantitative estimate of drug-likeness (QED) is 0.419. The van der Waals surface area contributed by atoms with Gasteiger partial charge in [0.2, 0.25) is 5.96 Å². The van der Waals surface area contributed by atoms with E-state index in [1.54, 1.807) is 7.05 Å². The summed E-state index contributed by atoms with van der Waals surface area (Å²) in [5.41, 5.74) is 3.81. The van der Waals surface area contributed by atoms with Crippen LogP contribution in [0.15, 0.2) is 10.1 Å². The van der Waals surface area contributed by atoms with E-state index in [1.807, 2.05) is 18.7 Å². The molecule has 1 fully saturated rings. The standard InChI is InChI=1S/C16H28N6O2/c1-5-6-7-8-9-10-22-12-13(17-15(22)20-19-11(2)3)21(4)16(24)18-14(12)23/h12-13H,5-10H2,1-4H3,(H,17,20)(H,18,23,24). The second-order valence-corrected chi connectivity index (χ2v) is 6.49. The molecule has 2 rings (SSSR count). The molecule has 2 aliphatic heterocycles. The molecule has 0 aliphatic carbocycles. The number of hydrogen-bond acceptors (Lipinski definition) is 6. The van der Waals surface area contributed by atoms with Crippen LogP contribution < -0.4 is 10.7 Å². The molecule has 2 N–H and O–H groups in total. The Labute approximate surface area is 143 Å². The van der Waals surface area contributed by atoms with Gasteiger partial charge in [0.25, 0.3) is 5.91 Å². The topological polar surface area (TPSA) is 89.4 Å². The minimum absolute atomic E-state index is 0.297. The third-order valence-electron chi connectivity index (χ3n) is 4.24. The molecule has 8 nitrogen and oxygen atoms in total. The van der Waals surface area contributed by atoms with Crippen LogP contribution >= 0.6 is 0 Å². The van der Waals surface area contributed by atoms with Crippen LogP contribution in [0.3, 0.4) is 0 Å². The Morgan fingerprint density at radius 1 is 1.25 bits per heavy atom. The Bertz CT molecular complexity index is 541. The summed E-state index contributed by atoms with van der Waals surface area (Å²) in [5, 5.41) is 6.60. The van der Waals surface area contributed by atoms with Gasteiger partial charge in [-0.3, -0.25) is 10.1 Å². The SMILES string of the molecule is CCCCCCCN1C(NN=C(C)C)=NC2C1C(=O)NC(=O)N2C. The van der Waals surface area contributed by atoms with Crippen molar-refractivity contribution in [2.45, 2.75) is 65.1 Å². The van der Waals surface area contributed by atoms with Crippen molar-refractivity contribution in [3.05, 3.63) is 0 Å². The zero-order valence-corrected chi connectivity index (χ0v) is 15.0. The van der Waals surface area contributed by atoms with Crippen molar-refractivity contribution >= 4 is 23.6 Å². The first-order valence-corrected chi connectivity index (χ1v) is 8.64. The van der Waals surface area contributed by atoms with Gasteiger partial charge in [-0.25, -0.2) is 15.2 Å². The summed E-state index contributed by atoms with van der Waals surface area (Å²) < 4.78 is 0. The molecule has 8 heteroatoms. The van der Waals surface area contributed by atoms with Crippen molar-refractivity contribution in [2.75, 3.05) is 13.6 Å². The molecule has 2 atom stereocenters. The fourth-order valence-electron chi connectivity index (χ4n) is 2.91. The normalized spacial score (nSPS) is 22.9. The number of carbonyl (C=O) groups is 2. The zero-order chi connectivity index (χ0) is 17.7. The monoisotopic (exact) mass is 336 g/mol. The van der Waals surface area contributed by atoms with Gasteiger partial charge >= 0.3 is 6.03 Å². The maximum Gasteiger partial charge on any atom is 0.325 e. The molecule has 2 aliphatic rings. The summed E-state index contributed by atoms with van der Waals surface area (Å²) >= 11 is 0. The minimum atomic E-state index is -0.503. The van der Waals surface area contributed by atoms with Crippen molar-refractivity contribution in [3.8, 4) is 0 Å². The first kappa shape index (κ1) is 18.2. The lowest BCUT2D eigenvalue weighted by molar-refractivity contribution is -0.127. The Morgan fingerprint density at radius 3 is 2.62 bits per heavy atom. The predicted molar refractivity (Wildman–Crippen MR) is 93.7 cm³/mol. The highest BCUT2D eigenvalue weighted by Crippen LogP contribution is 2.24. The molecular formula is C16H28N6O2. The number of aliphatic imine (C=N–C) groups is 1. The Morgan fingerprint density at radius 2 is 1.96 bits per heavy atom. The number of amides is 3. The van der Waals surface area contributed by atoms with E-state index >= 15 is 0 Å². The van der Waals surface area contributed by atoms with Crippen molar-refractivity contribution in [2.24, 2.45) is 10.1 Å². The number of rotatable bonds is 7. The summed E-state index contributed by atoms with van der Waals surface area (Å²) in [4.78, 5) is 32.1. The highest BCUT2D eigenvalue weighted by atomic mass is 16.2. The molecule has 24 heavy (non-hydrogen) atoms. The molecule has 2 unspecified atom stereocenters. The first-order valence-electron chi connectivity index (χ1n) is 8.64. The molecule has 0 spiro atoms. The smallest absolute Gasteiger partial charge is 0.325 e. The highest BCUT2D eigenvalue weighted by molar-refractivity contribution is 6.03. The average Bonchev–Trinajstić information content (AvgIpc) is 2.90. The van der Waals surface area contributed by atoms with Gasteiger partial charge < -0.3 is 9.80 Å². The van der Waals surface area contributed by atoms with E-state index in [1.165, 1.54) is 24.2 Å². The largest absolute Gasteiger partial charge is 0.326 e. The van der Waals surface area contributed by atoms with Gasteiger partial charge in [0, 0.05) is 19.3 Å². The third kappa shape index (κ3) is 4.04. The number of urea groups is 1. The average molecular weight is 336 g/mol. The Kier molecular flexibility index (Phi) is 6.16. The van der Waals surface area contributed by atoms with Crippen LogP contribution in [-0.2, 0) is 4.79 Å². The van der Waals surface area contributed by atoms with Crippen LogP contribution in [0.4, 0.5) is 4.79 Å². The fourth-order valence-corrected chi connectivity index (χ4v) is 2.91. The number of nitrogens with one attached hydrogen (secondary N) is 2. The number of guanidine groups is 1. The van der Waals surface area contributed by atoms with Crippen LogP contribution in [0.5, 0.6) is 0 Å². The van der Waals surface area contributed by atoms with Gasteiger partial charge in [-0.15, -0.1) is 0 Å². The molecule has 0 saturated carbocycles. The van der Waals surface area contributed by atoms with E-state index in [0.29, 0.717) is 12.5 Å². The van der Waals surface area contributed by atoms with Gasteiger partial charge in [-0.05, 0) is 20.3 Å². The first-order chi connectivity index (χ1) is 11.5. The predicted octanol–water partition coefficient (Wildman–Crippen LogP) is 1.49. The third-order valence-corrected chi connectivity index (χ3v) is 4.24. The number of nitrogens with zero attached hydrogens (tertiary/aromatic N) is 4. The summed E-state index contributed by atoms with van der Waals surface area (Å²) in [5.74, 6) is 0.257. The van der Waals surface area contributed by atoms with Gasteiger partial charge in [0.1, 0.15) is 0 Å². The summed E-state index contributed by atoms with van der Waals surface area (Å²) in [6.07, 6.45) is 5.20. The number of unbranched alkanes of at least 4 members (excludes halogenated alkanes) is 4. The van der Waals surface area contributed by atoms with Crippen LogP contribution in [0.25, 0.3) is 0 Å². The lowest BCUT2D eigenvalue weighted by Crippen LogP contribution is -2.64. The number of likely N-dealkylation sites (N-methyl/N-ethyl adjacent to an activating group) is 1. The van der Waals surface area contributed by atoms with E-state index in [0.717, 1.165) is 18.6 Å². The van der Waals surface area contributed by atoms with Gasteiger partial charge in [-0.2, -0.15) is 5.10 Å². The molecule has 134 valence electrons. The summed E-state index contributed by atoms with van der Waals surface area (Å²) in [7, 11) is 1.65. The molecule has 0 bridgehead atoms. The lowest BCUT2D eigenvalue weighted by Gasteiger charge is -2.36. The maximum absolute atomic E-state index is 12.3. The van der Waals surface area contributed by atoms with Crippen LogP contribution in [-0.4, -0.2) is 59.2 Å². The zero-order valence-electron chi connectivity index (χ0n) is 15.0. The number of imide groups is 1. The molecule has 2 heterocycles. The van der Waals surface area contributed by atoms with Crippen LogP contribution in [0.2, 0.25) is 0 Å². The molecule has 0 aromatic carbocycles. The van der Waals surface area contributed by atoms with E-state index in [9.17, 15) is 9.59 Å².